The molecule has 2 atom stereocenters. The van der Waals surface area contributed by atoms with E-state index < -0.39 is 18.1 Å². The third-order valence-electron chi connectivity index (χ3n) is 3.16. The van der Waals surface area contributed by atoms with E-state index in [1.165, 1.54) is 4.90 Å². The van der Waals surface area contributed by atoms with Gasteiger partial charge in [0.1, 0.15) is 6.04 Å². The number of rotatable bonds is 3. The molecule has 0 bridgehead atoms. The average molecular weight is 281 g/mol. The summed E-state index contributed by atoms with van der Waals surface area (Å²) < 4.78 is 0. The van der Waals surface area contributed by atoms with Gasteiger partial charge in [0.15, 0.2) is 0 Å². The molecular weight excluding hydrogens is 266 g/mol. The fourth-order valence-electron chi connectivity index (χ4n) is 2.17. The monoisotopic (exact) mass is 281 g/mol. The minimum atomic E-state index is -1.08. The average Bonchev–Trinajstić information content (AvgIpc) is 2.80. The third kappa shape index (κ3) is 2.90. The number of carboxylic acid groups (broad SMARTS) is 1. The maximum atomic E-state index is 12.3. The molecule has 0 radical (unpaired) electrons. The maximum absolute atomic E-state index is 12.3. The van der Waals surface area contributed by atoms with Gasteiger partial charge in [0.05, 0.1) is 6.10 Å². The molecule has 1 aliphatic rings. The van der Waals surface area contributed by atoms with Crippen LogP contribution in [0, 0.1) is 0 Å². The van der Waals surface area contributed by atoms with Crippen LogP contribution in [0.3, 0.4) is 0 Å². The maximum Gasteiger partial charge on any atom is 0.326 e. The molecule has 2 rings (SSSR count). The van der Waals surface area contributed by atoms with E-state index in [1.807, 2.05) is 18.4 Å². The van der Waals surface area contributed by atoms with Gasteiger partial charge in [-0.2, -0.15) is 0 Å². The number of aliphatic hydroxyl groups is 1. The number of aliphatic hydroxyl groups excluding tert-OH is 1. The van der Waals surface area contributed by atoms with Gasteiger partial charge in [0.2, 0.25) is 0 Å². The van der Waals surface area contributed by atoms with Gasteiger partial charge in [-0.3, -0.25) is 4.79 Å². The summed E-state index contributed by atoms with van der Waals surface area (Å²) >= 11 is 1.57. The van der Waals surface area contributed by atoms with Gasteiger partial charge >= 0.3 is 5.97 Å². The lowest BCUT2D eigenvalue weighted by Gasteiger charge is -2.21. The second kappa shape index (κ2) is 5.63. The van der Waals surface area contributed by atoms with Crippen LogP contribution in [-0.4, -0.2) is 51.9 Å². The number of amides is 1. The van der Waals surface area contributed by atoms with Crippen molar-refractivity contribution in [1.29, 1.82) is 0 Å². The molecule has 0 saturated carbocycles. The summed E-state index contributed by atoms with van der Waals surface area (Å²) in [6, 6.07) is 6.05. The van der Waals surface area contributed by atoms with E-state index in [1.54, 1.807) is 23.9 Å². The van der Waals surface area contributed by atoms with E-state index in [0.717, 1.165) is 4.90 Å². The number of carboxylic acids is 1. The van der Waals surface area contributed by atoms with Crippen molar-refractivity contribution < 1.29 is 19.8 Å². The molecule has 0 aliphatic carbocycles. The van der Waals surface area contributed by atoms with E-state index in [9.17, 15) is 14.7 Å². The highest BCUT2D eigenvalue weighted by Crippen LogP contribution is 2.22. The fourth-order valence-corrected chi connectivity index (χ4v) is 2.58. The van der Waals surface area contributed by atoms with Crippen molar-refractivity contribution in [1.82, 2.24) is 4.90 Å². The molecule has 1 aromatic carbocycles. The number of aliphatic carboxylic acids is 1. The van der Waals surface area contributed by atoms with Gasteiger partial charge in [-0.25, -0.2) is 4.79 Å². The fraction of sp³-hybridized carbons (Fsp3) is 0.385. The summed E-state index contributed by atoms with van der Waals surface area (Å²) in [4.78, 5) is 25.6. The Hall–Kier alpha value is -1.53. The number of hydrogen-bond donors (Lipinski definition) is 2. The molecule has 1 aromatic rings. The highest BCUT2D eigenvalue weighted by molar-refractivity contribution is 7.98. The lowest BCUT2D eigenvalue weighted by atomic mass is 10.1. The smallest absolute Gasteiger partial charge is 0.326 e. The zero-order valence-electron chi connectivity index (χ0n) is 10.4. The van der Waals surface area contributed by atoms with Crippen molar-refractivity contribution in [2.45, 2.75) is 23.5 Å². The van der Waals surface area contributed by atoms with E-state index >= 15 is 0 Å². The zero-order chi connectivity index (χ0) is 14.0. The van der Waals surface area contributed by atoms with Crippen molar-refractivity contribution in [2.24, 2.45) is 0 Å². The molecule has 1 amide bonds. The van der Waals surface area contributed by atoms with Crippen molar-refractivity contribution in [3.05, 3.63) is 29.8 Å². The first-order chi connectivity index (χ1) is 9.02. The molecule has 1 saturated heterocycles. The normalized spacial score (nSPS) is 22.5. The lowest BCUT2D eigenvalue weighted by Crippen LogP contribution is -2.40. The van der Waals surface area contributed by atoms with Crippen LogP contribution < -0.4 is 0 Å². The molecule has 1 fully saturated rings. The summed E-state index contributed by atoms with van der Waals surface area (Å²) in [6.45, 7) is 0.0695. The van der Waals surface area contributed by atoms with Crippen molar-refractivity contribution in [3.8, 4) is 0 Å². The predicted octanol–water partition coefficient (Wildman–Crippen LogP) is 1.07. The van der Waals surface area contributed by atoms with Gasteiger partial charge in [-0.15, -0.1) is 11.8 Å². The van der Waals surface area contributed by atoms with Gasteiger partial charge < -0.3 is 15.1 Å². The second-order valence-corrected chi connectivity index (χ2v) is 5.31. The summed E-state index contributed by atoms with van der Waals surface area (Å²) in [6.07, 6.45) is 1.26. The SMILES string of the molecule is CSc1ccc(C(=O)N2CC(O)C[C@H]2C(=O)O)cc1. The number of likely N-dealkylation sites (tertiary alicyclic amines) is 1. The Kier molecular flexibility index (Phi) is 4.11. The number of nitrogens with zero attached hydrogens (tertiary/aromatic N) is 1. The summed E-state index contributed by atoms with van der Waals surface area (Å²) in [5.41, 5.74) is 0.443. The van der Waals surface area contributed by atoms with Crippen molar-refractivity contribution in [3.63, 3.8) is 0 Å². The molecule has 0 spiro atoms. The van der Waals surface area contributed by atoms with E-state index in [4.69, 9.17) is 5.11 Å². The Labute approximate surface area is 115 Å². The Morgan fingerprint density at radius 2 is 1.95 bits per heavy atom. The molecule has 19 heavy (non-hydrogen) atoms. The summed E-state index contributed by atoms with van der Waals surface area (Å²) in [5.74, 6) is -1.43. The first kappa shape index (κ1) is 13.9. The number of benzene rings is 1. The summed E-state index contributed by atoms with van der Waals surface area (Å²) in [5, 5.41) is 18.6. The molecule has 2 N–H and O–H groups in total. The van der Waals surface area contributed by atoms with Crippen LogP contribution in [0.25, 0.3) is 0 Å². The quantitative estimate of drug-likeness (QED) is 0.810. The minimum Gasteiger partial charge on any atom is -0.480 e. The molecule has 5 nitrogen and oxygen atoms in total. The molecule has 6 heteroatoms. The third-order valence-corrected chi connectivity index (χ3v) is 3.91. The highest BCUT2D eigenvalue weighted by Gasteiger charge is 2.39. The number of carbonyl (C=O) groups is 2. The van der Waals surface area contributed by atoms with Crippen LogP contribution in [0.2, 0.25) is 0 Å². The topological polar surface area (TPSA) is 77.8 Å². The summed E-state index contributed by atoms with van der Waals surface area (Å²) in [7, 11) is 0. The molecule has 0 aromatic heterocycles. The first-order valence-electron chi connectivity index (χ1n) is 5.89. The van der Waals surface area contributed by atoms with Crippen LogP contribution in [0.5, 0.6) is 0 Å². The van der Waals surface area contributed by atoms with Crippen molar-refractivity contribution >= 4 is 23.6 Å². The Morgan fingerprint density at radius 3 is 2.47 bits per heavy atom. The second-order valence-electron chi connectivity index (χ2n) is 4.43. The molecule has 1 aliphatic heterocycles. The first-order valence-corrected chi connectivity index (χ1v) is 7.11. The largest absolute Gasteiger partial charge is 0.480 e. The minimum absolute atomic E-state index is 0.0695. The number of hydrogen-bond acceptors (Lipinski definition) is 4. The van der Waals surface area contributed by atoms with Crippen LogP contribution in [0.4, 0.5) is 0 Å². The van der Waals surface area contributed by atoms with Crippen LogP contribution in [0.1, 0.15) is 16.8 Å². The Morgan fingerprint density at radius 1 is 1.32 bits per heavy atom. The van der Waals surface area contributed by atoms with E-state index in [0.29, 0.717) is 5.56 Å². The van der Waals surface area contributed by atoms with E-state index in [-0.39, 0.29) is 18.9 Å². The number of thioether (sulfide) groups is 1. The molecular formula is C13H15NO4S. The zero-order valence-corrected chi connectivity index (χ0v) is 11.3. The van der Waals surface area contributed by atoms with Gasteiger partial charge in [-0.05, 0) is 30.5 Å². The van der Waals surface area contributed by atoms with Crippen molar-refractivity contribution in [2.75, 3.05) is 12.8 Å². The standard InChI is InChI=1S/C13H15NO4S/c1-19-10-4-2-8(3-5-10)12(16)14-7-9(15)6-11(14)13(17)18/h2-5,9,11,15H,6-7H2,1H3,(H,17,18)/t9?,11-/m0/s1. The van der Waals surface area contributed by atoms with E-state index in [2.05, 4.69) is 0 Å². The predicted molar refractivity (Wildman–Crippen MR) is 71.3 cm³/mol. The van der Waals surface area contributed by atoms with Gasteiger partial charge in [-0.1, -0.05) is 0 Å². The van der Waals surface area contributed by atoms with Crippen LogP contribution in [0.15, 0.2) is 29.2 Å². The highest BCUT2D eigenvalue weighted by atomic mass is 32.2. The number of carbonyl (C=O) groups excluding carboxylic acids is 1. The Balaban J connectivity index is 2.20. The molecule has 1 unspecified atom stereocenters. The molecule has 1 heterocycles. The lowest BCUT2D eigenvalue weighted by molar-refractivity contribution is -0.141. The molecule has 102 valence electrons. The number of β-amino-alcohol motifs (C(OH)–C–C–N with tert-alkyl or cyclic N) is 1. The van der Waals surface area contributed by atoms with Gasteiger partial charge in [0, 0.05) is 23.4 Å². The Bertz CT molecular complexity index is 488. The van der Waals surface area contributed by atoms with Crippen LogP contribution >= 0.6 is 11.8 Å². The van der Waals surface area contributed by atoms with Crippen LogP contribution in [-0.2, 0) is 4.79 Å². The van der Waals surface area contributed by atoms with Gasteiger partial charge in [0.25, 0.3) is 5.91 Å².